The molecule has 1 heterocycles. The van der Waals surface area contributed by atoms with E-state index in [9.17, 15) is 9.18 Å². The first-order chi connectivity index (χ1) is 9.72. The van der Waals surface area contributed by atoms with Crippen molar-refractivity contribution in [2.45, 2.75) is 6.54 Å². The smallest absolute Gasteiger partial charge is 0.360 e. The van der Waals surface area contributed by atoms with Gasteiger partial charge in [0.05, 0.1) is 20.8 Å². The lowest BCUT2D eigenvalue weighted by atomic mass is 10.1. The number of methoxy groups -OCH3 is 2. The second-order valence-electron chi connectivity index (χ2n) is 3.89. The topological polar surface area (TPSA) is 66.2 Å². The number of hydrogen-bond acceptors (Lipinski definition) is 5. The number of alkyl halides is 1. The first-order valence-corrected chi connectivity index (χ1v) is 5.94. The summed E-state index contributed by atoms with van der Waals surface area (Å²) in [5.41, 5.74) is 1.02. The third-order valence-electron chi connectivity index (χ3n) is 2.77. The molecule has 0 amide bonds. The summed E-state index contributed by atoms with van der Waals surface area (Å²) in [4.78, 5) is 11.8. The molecule has 106 valence electrons. The molecule has 0 saturated carbocycles. The van der Waals surface area contributed by atoms with Crippen molar-refractivity contribution in [1.82, 2.24) is 15.0 Å². The van der Waals surface area contributed by atoms with Crippen LogP contribution in [0.4, 0.5) is 4.39 Å². The lowest BCUT2D eigenvalue weighted by Gasteiger charge is -2.10. The number of rotatable bonds is 5. The molecule has 2 aromatic rings. The maximum atomic E-state index is 12.6. The fourth-order valence-electron chi connectivity index (χ4n) is 1.89. The average molecular weight is 279 g/mol. The molecule has 0 bridgehead atoms. The van der Waals surface area contributed by atoms with Crippen molar-refractivity contribution in [1.29, 1.82) is 0 Å². The van der Waals surface area contributed by atoms with E-state index in [1.54, 1.807) is 24.3 Å². The van der Waals surface area contributed by atoms with Gasteiger partial charge in [-0.2, -0.15) is 0 Å². The van der Waals surface area contributed by atoms with Gasteiger partial charge in [-0.1, -0.05) is 17.3 Å². The van der Waals surface area contributed by atoms with Crippen molar-refractivity contribution >= 4 is 5.97 Å². The predicted molar refractivity (Wildman–Crippen MR) is 69.3 cm³/mol. The molecule has 2 rings (SSSR count). The van der Waals surface area contributed by atoms with E-state index in [-0.39, 0.29) is 12.2 Å². The molecule has 20 heavy (non-hydrogen) atoms. The van der Waals surface area contributed by atoms with Crippen LogP contribution in [-0.2, 0) is 11.3 Å². The van der Waals surface area contributed by atoms with E-state index in [1.807, 2.05) is 0 Å². The van der Waals surface area contributed by atoms with Crippen LogP contribution in [0.3, 0.4) is 0 Å². The molecule has 0 atom stereocenters. The zero-order valence-electron chi connectivity index (χ0n) is 11.2. The highest BCUT2D eigenvalue weighted by atomic mass is 19.1. The highest BCUT2D eigenvalue weighted by Gasteiger charge is 2.23. The van der Waals surface area contributed by atoms with Gasteiger partial charge in [-0.25, -0.2) is 13.9 Å². The van der Waals surface area contributed by atoms with E-state index < -0.39 is 12.6 Å². The van der Waals surface area contributed by atoms with E-state index in [0.29, 0.717) is 17.0 Å². The van der Waals surface area contributed by atoms with Crippen LogP contribution >= 0.6 is 0 Å². The number of ether oxygens (including phenoxy) is 2. The molecule has 0 aliphatic heterocycles. The van der Waals surface area contributed by atoms with Gasteiger partial charge in [0.1, 0.15) is 18.1 Å². The SMILES string of the molecule is COC(=O)c1nnn(CCF)c1-c1ccccc1OC. The van der Waals surface area contributed by atoms with Crippen LogP contribution in [-0.4, -0.2) is 41.9 Å². The van der Waals surface area contributed by atoms with Crippen LogP contribution in [0.5, 0.6) is 5.75 Å². The Kier molecular flexibility index (Phi) is 4.29. The highest BCUT2D eigenvalue weighted by molar-refractivity contribution is 5.94. The fraction of sp³-hybridized carbons (Fsp3) is 0.308. The zero-order chi connectivity index (χ0) is 14.5. The van der Waals surface area contributed by atoms with Gasteiger partial charge in [0.2, 0.25) is 0 Å². The van der Waals surface area contributed by atoms with Crippen molar-refractivity contribution in [3.8, 4) is 17.0 Å². The summed E-state index contributed by atoms with van der Waals surface area (Å²) in [6.07, 6.45) is 0. The lowest BCUT2D eigenvalue weighted by Crippen LogP contribution is -2.08. The van der Waals surface area contributed by atoms with Crippen molar-refractivity contribution < 1.29 is 18.7 Å². The fourth-order valence-corrected chi connectivity index (χ4v) is 1.89. The van der Waals surface area contributed by atoms with E-state index in [4.69, 9.17) is 4.74 Å². The summed E-state index contributed by atoms with van der Waals surface area (Å²) >= 11 is 0. The highest BCUT2D eigenvalue weighted by Crippen LogP contribution is 2.31. The van der Waals surface area contributed by atoms with Gasteiger partial charge in [-0.3, -0.25) is 0 Å². The van der Waals surface area contributed by atoms with Gasteiger partial charge in [0.15, 0.2) is 5.69 Å². The van der Waals surface area contributed by atoms with E-state index >= 15 is 0 Å². The summed E-state index contributed by atoms with van der Waals surface area (Å²) < 4.78 is 23.9. The Morgan fingerprint density at radius 2 is 2.10 bits per heavy atom. The van der Waals surface area contributed by atoms with Gasteiger partial charge in [-0.15, -0.1) is 5.10 Å². The number of aryl methyl sites for hydroxylation is 1. The average Bonchev–Trinajstić information content (AvgIpc) is 2.90. The minimum atomic E-state index is -0.629. The molecular formula is C13H14FN3O3. The van der Waals surface area contributed by atoms with E-state index in [1.165, 1.54) is 18.9 Å². The molecule has 0 N–H and O–H groups in total. The summed E-state index contributed by atoms with van der Waals surface area (Å²) in [7, 11) is 2.77. The Bertz CT molecular complexity index is 613. The van der Waals surface area contributed by atoms with E-state index in [0.717, 1.165) is 0 Å². The largest absolute Gasteiger partial charge is 0.496 e. The number of nitrogens with zero attached hydrogens (tertiary/aromatic N) is 3. The summed E-state index contributed by atoms with van der Waals surface area (Å²) in [5.74, 6) is -0.0870. The molecule has 0 unspecified atom stereocenters. The number of benzene rings is 1. The van der Waals surface area contributed by atoms with Gasteiger partial charge < -0.3 is 9.47 Å². The Hall–Kier alpha value is -2.44. The van der Waals surface area contributed by atoms with Gasteiger partial charge in [0.25, 0.3) is 0 Å². The van der Waals surface area contributed by atoms with Crippen LogP contribution < -0.4 is 4.74 Å². The second-order valence-corrected chi connectivity index (χ2v) is 3.89. The number of hydrogen-bond donors (Lipinski definition) is 0. The molecule has 0 saturated heterocycles. The van der Waals surface area contributed by atoms with E-state index in [2.05, 4.69) is 15.0 Å². The predicted octanol–water partition coefficient (Wildman–Crippen LogP) is 1.71. The van der Waals surface area contributed by atoms with Crippen molar-refractivity contribution in [3.63, 3.8) is 0 Å². The van der Waals surface area contributed by atoms with Crippen molar-refractivity contribution in [2.24, 2.45) is 0 Å². The molecule has 0 fully saturated rings. The number of esters is 1. The molecule has 6 nitrogen and oxygen atoms in total. The normalized spacial score (nSPS) is 10.3. The molecule has 0 aliphatic carbocycles. The summed E-state index contributed by atoms with van der Waals surface area (Å²) in [5, 5.41) is 7.57. The maximum absolute atomic E-state index is 12.6. The maximum Gasteiger partial charge on any atom is 0.360 e. The number of carbonyl (C=O) groups excluding carboxylic acids is 1. The lowest BCUT2D eigenvalue weighted by molar-refractivity contribution is 0.0595. The van der Waals surface area contributed by atoms with Gasteiger partial charge in [-0.05, 0) is 12.1 Å². The third-order valence-corrected chi connectivity index (χ3v) is 2.77. The molecule has 0 spiro atoms. The van der Waals surface area contributed by atoms with Crippen molar-refractivity contribution in [2.75, 3.05) is 20.9 Å². The minimum Gasteiger partial charge on any atom is -0.496 e. The molecular weight excluding hydrogens is 265 g/mol. The minimum absolute atomic E-state index is 0.00260. The first kappa shape index (κ1) is 14.0. The monoisotopic (exact) mass is 279 g/mol. The number of para-hydroxylation sites is 1. The molecule has 0 radical (unpaired) electrons. The second kappa shape index (κ2) is 6.14. The number of aromatic nitrogens is 3. The Morgan fingerprint density at radius 3 is 2.75 bits per heavy atom. The standard InChI is InChI=1S/C13H14FN3O3/c1-19-10-6-4-3-5-9(10)12-11(13(18)20-2)15-16-17(12)8-7-14/h3-6H,7-8H2,1-2H3. The van der Waals surface area contributed by atoms with Crippen LogP contribution in [0, 0.1) is 0 Å². The third kappa shape index (κ3) is 2.47. The quantitative estimate of drug-likeness (QED) is 0.779. The van der Waals surface area contributed by atoms with Gasteiger partial charge >= 0.3 is 5.97 Å². The summed E-state index contributed by atoms with van der Waals surface area (Å²) in [6.45, 7) is -0.622. The van der Waals surface area contributed by atoms with Crippen LogP contribution in [0.25, 0.3) is 11.3 Å². The molecule has 0 aliphatic rings. The Labute approximate surface area is 115 Å². The number of halogens is 1. The molecule has 1 aromatic heterocycles. The molecule has 1 aromatic carbocycles. The zero-order valence-corrected chi connectivity index (χ0v) is 11.2. The van der Waals surface area contributed by atoms with Crippen LogP contribution in [0.15, 0.2) is 24.3 Å². The Morgan fingerprint density at radius 1 is 1.35 bits per heavy atom. The molecule has 7 heteroatoms. The summed E-state index contributed by atoms with van der Waals surface area (Å²) in [6, 6.07) is 7.07. The first-order valence-electron chi connectivity index (χ1n) is 5.94. The Balaban J connectivity index is 2.63. The van der Waals surface area contributed by atoms with Crippen LogP contribution in [0.2, 0.25) is 0 Å². The van der Waals surface area contributed by atoms with Gasteiger partial charge in [0, 0.05) is 5.56 Å². The van der Waals surface area contributed by atoms with Crippen molar-refractivity contribution in [3.05, 3.63) is 30.0 Å². The number of carbonyl (C=O) groups is 1. The van der Waals surface area contributed by atoms with Crippen LogP contribution in [0.1, 0.15) is 10.5 Å².